The van der Waals surface area contributed by atoms with Gasteiger partial charge in [0, 0.05) is 37.8 Å². The van der Waals surface area contributed by atoms with Crippen molar-refractivity contribution in [2.24, 2.45) is 5.92 Å². The topological polar surface area (TPSA) is 56.6 Å². The zero-order valence-electron chi connectivity index (χ0n) is 14.3. The highest BCUT2D eigenvalue weighted by atomic mass is 16.5. The van der Waals surface area contributed by atoms with Crippen LogP contribution in [0.5, 0.6) is 0 Å². The van der Waals surface area contributed by atoms with Crippen molar-refractivity contribution in [1.29, 1.82) is 5.26 Å². The van der Waals surface area contributed by atoms with Crippen LogP contribution in [0.3, 0.4) is 0 Å². The summed E-state index contributed by atoms with van der Waals surface area (Å²) >= 11 is 0. The Kier molecular flexibility index (Phi) is 5.49. The number of nitriles is 1. The average molecular weight is 327 g/mol. The Balaban J connectivity index is 1.54. The predicted octanol–water partition coefficient (Wildman–Crippen LogP) is 2.13. The molecule has 128 valence electrons. The summed E-state index contributed by atoms with van der Waals surface area (Å²) in [5, 5.41) is 8.85. The molecule has 0 saturated carbocycles. The highest BCUT2D eigenvalue weighted by Crippen LogP contribution is 2.25. The molecule has 24 heavy (non-hydrogen) atoms. The van der Waals surface area contributed by atoms with Gasteiger partial charge < -0.3 is 9.64 Å². The minimum atomic E-state index is 0.0805. The monoisotopic (exact) mass is 327 g/mol. The van der Waals surface area contributed by atoms with E-state index in [2.05, 4.69) is 17.9 Å². The minimum absolute atomic E-state index is 0.0805. The molecule has 1 atom stereocenters. The molecule has 2 saturated heterocycles. The van der Waals surface area contributed by atoms with Crippen molar-refractivity contribution in [1.82, 2.24) is 9.80 Å². The van der Waals surface area contributed by atoms with Gasteiger partial charge in [0.15, 0.2) is 0 Å². The Labute approximate surface area is 143 Å². The molecule has 2 fully saturated rings. The van der Waals surface area contributed by atoms with Crippen LogP contribution in [-0.2, 0) is 4.74 Å². The number of benzene rings is 1. The van der Waals surface area contributed by atoms with E-state index in [0.717, 1.165) is 52.2 Å². The fourth-order valence-corrected chi connectivity index (χ4v) is 3.74. The Bertz CT molecular complexity index is 594. The maximum absolute atomic E-state index is 12.6. The first-order chi connectivity index (χ1) is 11.7. The lowest BCUT2D eigenvalue weighted by Gasteiger charge is -2.41. The van der Waals surface area contributed by atoms with Gasteiger partial charge in [0.2, 0.25) is 0 Å². The standard InChI is InChI=1S/C19H25N3O2/c1-15(21-10-12-24-13-11-21)17-6-8-22(9-7-17)19(23)18-4-2-16(14-20)3-5-18/h2-5,15,17H,6-13H2,1H3/t15-/m1/s1. The second-order valence-corrected chi connectivity index (χ2v) is 6.71. The van der Waals surface area contributed by atoms with Gasteiger partial charge in [0.1, 0.15) is 0 Å². The van der Waals surface area contributed by atoms with Gasteiger partial charge in [0.25, 0.3) is 5.91 Å². The summed E-state index contributed by atoms with van der Waals surface area (Å²) in [6, 6.07) is 9.56. The Morgan fingerprint density at radius 3 is 2.38 bits per heavy atom. The first-order valence-electron chi connectivity index (χ1n) is 8.80. The summed E-state index contributed by atoms with van der Waals surface area (Å²) in [6.07, 6.45) is 2.11. The molecule has 3 rings (SSSR count). The Hall–Kier alpha value is -1.90. The van der Waals surface area contributed by atoms with Crippen molar-refractivity contribution in [2.45, 2.75) is 25.8 Å². The Morgan fingerprint density at radius 2 is 1.79 bits per heavy atom. The van der Waals surface area contributed by atoms with Crippen molar-refractivity contribution < 1.29 is 9.53 Å². The third kappa shape index (κ3) is 3.77. The molecule has 0 radical (unpaired) electrons. The van der Waals surface area contributed by atoms with Gasteiger partial charge in [-0.05, 0) is 49.9 Å². The number of rotatable bonds is 3. The lowest BCUT2D eigenvalue weighted by Crippen LogP contribution is -2.49. The number of piperidine rings is 1. The minimum Gasteiger partial charge on any atom is -0.379 e. The van der Waals surface area contributed by atoms with E-state index >= 15 is 0 Å². The van der Waals surface area contributed by atoms with Crippen molar-refractivity contribution in [2.75, 3.05) is 39.4 Å². The number of morpholine rings is 1. The zero-order valence-corrected chi connectivity index (χ0v) is 14.3. The van der Waals surface area contributed by atoms with Gasteiger partial charge in [-0.1, -0.05) is 0 Å². The third-order valence-electron chi connectivity index (χ3n) is 5.39. The second-order valence-electron chi connectivity index (χ2n) is 6.71. The van der Waals surface area contributed by atoms with Crippen LogP contribution in [0.25, 0.3) is 0 Å². The maximum Gasteiger partial charge on any atom is 0.253 e. The van der Waals surface area contributed by atoms with Crippen LogP contribution in [0.4, 0.5) is 0 Å². The van der Waals surface area contributed by atoms with Crippen LogP contribution < -0.4 is 0 Å². The number of amides is 1. The molecule has 0 bridgehead atoms. The van der Waals surface area contributed by atoms with Gasteiger partial charge in [-0.25, -0.2) is 0 Å². The molecule has 1 aromatic carbocycles. The summed E-state index contributed by atoms with van der Waals surface area (Å²) in [6.45, 7) is 7.66. The highest BCUT2D eigenvalue weighted by Gasteiger charge is 2.30. The van der Waals surface area contributed by atoms with E-state index in [1.807, 2.05) is 4.90 Å². The molecule has 0 unspecified atom stereocenters. The quantitative estimate of drug-likeness (QED) is 0.853. The first-order valence-corrected chi connectivity index (χ1v) is 8.80. The largest absolute Gasteiger partial charge is 0.379 e. The number of ether oxygens (including phenoxy) is 1. The number of carbonyl (C=O) groups excluding carboxylic acids is 1. The molecule has 2 aliphatic heterocycles. The van der Waals surface area contributed by atoms with Gasteiger partial charge in [0.05, 0.1) is 24.8 Å². The highest BCUT2D eigenvalue weighted by molar-refractivity contribution is 5.94. The molecule has 0 aliphatic carbocycles. The second kappa shape index (κ2) is 7.78. The maximum atomic E-state index is 12.6. The normalized spacial score (nSPS) is 21.2. The lowest BCUT2D eigenvalue weighted by molar-refractivity contribution is -0.000950. The fourth-order valence-electron chi connectivity index (χ4n) is 3.74. The summed E-state index contributed by atoms with van der Waals surface area (Å²) < 4.78 is 5.44. The van der Waals surface area contributed by atoms with Crippen LogP contribution in [-0.4, -0.2) is 61.1 Å². The number of likely N-dealkylation sites (tertiary alicyclic amines) is 1. The molecular weight excluding hydrogens is 302 g/mol. The molecule has 0 spiro atoms. The molecule has 5 heteroatoms. The molecule has 0 N–H and O–H groups in total. The van der Waals surface area contributed by atoms with Gasteiger partial charge in [-0.3, -0.25) is 9.69 Å². The van der Waals surface area contributed by atoms with Gasteiger partial charge in [-0.15, -0.1) is 0 Å². The molecule has 5 nitrogen and oxygen atoms in total. The van der Waals surface area contributed by atoms with Crippen molar-refractivity contribution in [3.05, 3.63) is 35.4 Å². The predicted molar refractivity (Wildman–Crippen MR) is 91.6 cm³/mol. The number of hydrogen-bond donors (Lipinski definition) is 0. The van der Waals surface area contributed by atoms with Crippen molar-refractivity contribution in [3.63, 3.8) is 0 Å². The van der Waals surface area contributed by atoms with Crippen LogP contribution in [0.1, 0.15) is 35.7 Å². The smallest absolute Gasteiger partial charge is 0.253 e. The van der Waals surface area contributed by atoms with E-state index < -0.39 is 0 Å². The zero-order chi connectivity index (χ0) is 16.9. The average Bonchev–Trinajstić information content (AvgIpc) is 2.68. The van der Waals surface area contributed by atoms with E-state index in [-0.39, 0.29) is 5.91 Å². The molecule has 2 heterocycles. The van der Waals surface area contributed by atoms with Gasteiger partial charge >= 0.3 is 0 Å². The number of hydrogen-bond acceptors (Lipinski definition) is 4. The number of carbonyl (C=O) groups is 1. The molecule has 1 amide bonds. The van der Waals surface area contributed by atoms with E-state index in [9.17, 15) is 4.79 Å². The van der Waals surface area contributed by atoms with Crippen LogP contribution in [0, 0.1) is 17.2 Å². The van der Waals surface area contributed by atoms with E-state index in [1.165, 1.54) is 0 Å². The Morgan fingerprint density at radius 1 is 1.17 bits per heavy atom. The van der Waals surface area contributed by atoms with Crippen LogP contribution in [0.15, 0.2) is 24.3 Å². The van der Waals surface area contributed by atoms with Gasteiger partial charge in [-0.2, -0.15) is 5.26 Å². The molecule has 0 aromatic heterocycles. The SMILES string of the molecule is C[C@H](C1CCN(C(=O)c2ccc(C#N)cc2)CC1)N1CCOCC1. The summed E-state index contributed by atoms with van der Waals surface area (Å²) in [7, 11) is 0. The summed E-state index contributed by atoms with van der Waals surface area (Å²) in [4.78, 5) is 17.1. The molecule has 1 aromatic rings. The fraction of sp³-hybridized carbons (Fsp3) is 0.579. The number of nitrogens with zero attached hydrogens (tertiary/aromatic N) is 3. The van der Waals surface area contributed by atoms with Crippen LogP contribution >= 0.6 is 0 Å². The molecule has 2 aliphatic rings. The lowest BCUT2D eigenvalue weighted by atomic mass is 9.89. The molecular formula is C19H25N3O2. The summed E-state index contributed by atoms with van der Waals surface area (Å²) in [5.41, 5.74) is 1.26. The third-order valence-corrected chi connectivity index (χ3v) is 5.39. The summed E-state index contributed by atoms with van der Waals surface area (Å²) in [5.74, 6) is 0.727. The van der Waals surface area contributed by atoms with Crippen molar-refractivity contribution in [3.8, 4) is 6.07 Å². The van der Waals surface area contributed by atoms with Crippen molar-refractivity contribution >= 4 is 5.91 Å². The van der Waals surface area contributed by atoms with E-state index in [0.29, 0.717) is 23.1 Å². The van der Waals surface area contributed by atoms with Crippen LogP contribution in [0.2, 0.25) is 0 Å². The first kappa shape index (κ1) is 16.9. The van der Waals surface area contributed by atoms with E-state index in [1.54, 1.807) is 24.3 Å². The van der Waals surface area contributed by atoms with E-state index in [4.69, 9.17) is 10.00 Å².